The molecular weight excluding hydrogens is 397 g/mol. The number of fused-ring (bicyclic) bond motifs is 1. The van der Waals surface area contributed by atoms with E-state index in [0.29, 0.717) is 23.3 Å². The predicted molar refractivity (Wildman–Crippen MR) is 108 cm³/mol. The van der Waals surface area contributed by atoms with Gasteiger partial charge < -0.3 is 9.15 Å². The van der Waals surface area contributed by atoms with Gasteiger partial charge >= 0.3 is 5.97 Å². The van der Waals surface area contributed by atoms with Crippen molar-refractivity contribution in [3.05, 3.63) is 59.1 Å². The zero-order chi connectivity index (χ0) is 21.2. The maximum atomic E-state index is 13.3. The molecule has 0 bridgehead atoms. The van der Waals surface area contributed by atoms with Gasteiger partial charge in [-0.05, 0) is 62.2 Å². The van der Waals surface area contributed by atoms with Gasteiger partial charge in [-0.3, -0.25) is 4.72 Å². The van der Waals surface area contributed by atoms with E-state index in [1.807, 2.05) is 6.92 Å². The van der Waals surface area contributed by atoms with Crippen LogP contribution in [0.3, 0.4) is 0 Å². The number of carbonyl (C=O) groups is 1. The molecule has 3 aromatic rings. The summed E-state index contributed by atoms with van der Waals surface area (Å²) in [6.07, 6.45) is 1.65. The Balaban J connectivity index is 1.95. The fourth-order valence-electron chi connectivity index (χ4n) is 3.04. The molecule has 0 aliphatic carbocycles. The number of esters is 1. The van der Waals surface area contributed by atoms with Crippen molar-refractivity contribution >= 4 is 32.6 Å². The van der Waals surface area contributed by atoms with E-state index in [1.54, 1.807) is 13.0 Å². The average molecular weight is 419 g/mol. The van der Waals surface area contributed by atoms with Crippen molar-refractivity contribution in [1.82, 2.24) is 0 Å². The molecule has 6 nitrogen and oxygen atoms in total. The molecule has 0 unspecified atom stereocenters. The van der Waals surface area contributed by atoms with E-state index in [9.17, 15) is 17.6 Å². The van der Waals surface area contributed by atoms with Gasteiger partial charge in [0.15, 0.2) is 0 Å². The van der Waals surface area contributed by atoms with Gasteiger partial charge in [-0.25, -0.2) is 17.6 Å². The Bertz CT molecular complexity index is 1170. The Morgan fingerprint density at radius 2 is 1.93 bits per heavy atom. The Morgan fingerprint density at radius 1 is 1.17 bits per heavy atom. The lowest BCUT2D eigenvalue weighted by molar-refractivity contribution is 0.0500. The molecule has 0 aliphatic rings. The molecule has 154 valence electrons. The number of rotatable bonds is 7. The Kier molecular flexibility index (Phi) is 5.93. The fraction of sp³-hybridized carbons (Fsp3) is 0.286. The van der Waals surface area contributed by atoms with Crippen LogP contribution in [0.5, 0.6) is 0 Å². The monoisotopic (exact) mass is 419 g/mol. The first kappa shape index (κ1) is 20.9. The van der Waals surface area contributed by atoms with Gasteiger partial charge in [0.25, 0.3) is 10.0 Å². The Hall–Kier alpha value is -2.87. The van der Waals surface area contributed by atoms with Crippen LogP contribution in [0.2, 0.25) is 0 Å². The zero-order valence-electron chi connectivity index (χ0n) is 16.4. The van der Waals surface area contributed by atoms with E-state index in [0.717, 1.165) is 25.0 Å². The average Bonchev–Trinajstić information content (AvgIpc) is 2.96. The molecule has 8 heteroatoms. The van der Waals surface area contributed by atoms with E-state index in [-0.39, 0.29) is 21.7 Å². The van der Waals surface area contributed by atoms with Crippen molar-refractivity contribution in [2.45, 2.75) is 38.5 Å². The highest BCUT2D eigenvalue weighted by molar-refractivity contribution is 7.92. The molecule has 1 N–H and O–H groups in total. The van der Waals surface area contributed by atoms with Gasteiger partial charge in [0, 0.05) is 11.1 Å². The molecule has 3 rings (SSSR count). The normalized spacial score (nSPS) is 11.6. The summed E-state index contributed by atoms with van der Waals surface area (Å²) in [6.45, 7) is 5.47. The first-order valence-electron chi connectivity index (χ1n) is 9.22. The Morgan fingerprint density at radius 3 is 2.62 bits per heavy atom. The molecule has 1 heterocycles. The summed E-state index contributed by atoms with van der Waals surface area (Å²) in [5, 5.41) is 0.458. The van der Waals surface area contributed by atoms with Gasteiger partial charge in [0.05, 0.1) is 11.5 Å². The van der Waals surface area contributed by atoms with Crippen molar-refractivity contribution in [1.29, 1.82) is 0 Å². The highest BCUT2D eigenvalue weighted by Gasteiger charge is 2.22. The van der Waals surface area contributed by atoms with Crippen LogP contribution in [0, 0.1) is 19.7 Å². The molecule has 0 saturated carbocycles. The number of hydrogen-bond acceptors (Lipinski definition) is 5. The van der Waals surface area contributed by atoms with Gasteiger partial charge in [-0.15, -0.1) is 0 Å². The Labute approximate surface area is 168 Å². The maximum Gasteiger partial charge on any atom is 0.342 e. The number of aryl methyl sites for hydroxylation is 2. The van der Waals surface area contributed by atoms with Crippen LogP contribution in [0.25, 0.3) is 11.0 Å². The van der Waals surface area contributed by atoms with E-state index in [1.165, 1.54) is 25.1 Å². The summed E-state index contributed by atoms with van der Waals surface area (Å²) >= 11 is 0. The largest absolute Gasteiger partial charge is 0.462 e. The molecule has 0 fully saturated rings. The second-order valence-corrected chi connectivity index (χ2v) is 8.40. The second-order valence-electron chi connectivity index (χ2n) is 6.75. The molecule has 0 saturated heterocycles. The summed E-state index contributed by atoms with van der Waals surface area (Å²) < 4.78 is 52.1. The van der Waals surface area contributed by atoms with Gasteiger partial charge in [0.1, 0.15) is 22.7 Å². The van der Waals surface area contributed by atoms with Crippen LogP contribution >= 0.6 is 0 Å². The third kappa shape index (κ3) is 4.42. The van der Waals surface area contributed by atoms with Crippen molar-refractivity contribution in [2.24, 2.45) is 0 Å². The maximum absolute atomic E-state index is 13.3. The summed E-state index contributed by atoms with van der Waals surface area (Å²) in [6, 6.07) is 8.10. The smallest absolute Gasteiger partial charge is 0.342 e. The zero-order valence-corrected chi connectivity index (χ0v) is 17.2. The summed E-state index contributed by atoms with van der Waals surface area (Å²) in [7, 11) is -3.94. The topological polar surface area (TPSA) is 85.6 Å². The number of unbranched alkanes of at least 4 members (excludes halogenated alkanes) is 1. The summed E-state index contributed by atoms with van der Waals surface area (Å²) in [5.74, 6) is -0.622. The highest BCUT2D eigenvalue weighted by Crippen LogP contribution is 2.30. The number of halogens is 1. The van der Waals surface area contributed by atoms with Crippen LogP contribution in [0.4, 0.5) is 10.1 Å². The van der Waals surface area contributed by atoms with E-state index in [2.05, 4.69) is 4.72 Å². The fourth-order valence-corrected chi connectivity index (χ4v) is 4.32. The van der Waals surface area contributed by atoms with E-state index in [4.69, 9.17) is 9.15 Å². The molecule has 2 aromatic carbocycles. The number of sulfonamides is 1. The third-order valence-corrected chi connectivity index (χ3v) is 6.02. The third-order valence-electron chi connectivity index (χ3n) is 4.48. The number of hydrogen-bond donors (Lipinski definition) is 1. The molecule has 0 amide bonds. The minimum Gasteiger partial charge on any atom is -0.462 e. The quantitative estimate of drug-likeness (QED) is 0.433. The summed E-state index contributed by atoms with van der Waals surface area (Å²) in [4.78, 5) is 12.4. The number of carbonyl (C=O) groups excluding carboxylic acids is 1. The molecule has 0 atom stereocenters. The van der Waals surface area contributed by atoms with Gasteiger partial charge in [-0.2, -0.15) is 0 Å². The number of furan rings is 1. The molecule has 0 spiro atoms. The van der Waals surface area contributed by atoms with E-state index < -0.39 is 21.8 Å². The van der Waals surface area contributed by atoms with Gasteiger partial charge in [-0.1, -0.05) is 13.3 Å². The van der Waals surface area contributed by atoms with Crippen molar-refractivity contribution in [2.75, 3.05) is 11.3 Å². The SMILES string of the molecule is CCCCOC(=O)c1c(C)oc2ccc(NS(=O)(=O)c3ccc(F)cc3C)cc12. The first-order valence-corrected chi connectivity index (χ1v) is 10.7. The number of ether oxygens (including phenoxy) is 1. The predicted octanol–water partition coefficient (Wildman–Crippen LogP) is 4.95. The number of nitrogens with one attached hydrogen (secondary N) is 1. The van der Waals surface area contributed by atoms with Crippen molar-refractivity contribution < 1.29 is 26.8 Å². The molecule has 29 heavy (non-hydrogen) atoms. The number of benzene rings is 2. The summed E-state index contributed by atoms with van der Waals surface area (Å²) in [5.41, 5.74) is 1.27. The van der Waals surface area contributed by atoms with Crippen molar-refractivity contribution in [3.8, 4) is 0 Å². The van der Waals surface area contributed by atoms with Crippen LogP contribution < -0.4 is 4.72 Å². The lowest BCUT2D eigenvalue weighted by Crippen LogP contribution is -2.14. The lowest BCUT2D eigenvalue weighted by atomic mass is 10.1. The van der Waals surface area contributed by atoms with Crippen LogP contribution in [-0.2, 0) is 14.8 Å². The first-order chi connectivity index (χ1) is 13.7. The minimum atomic E-state index is -3.94. The van der Waals surface area contributed by atoms with Crippen LogP contribution in [0.1, 0.15) is 41.4 Å². The van der Waals surface area contributed by atoms with Crippen LogP contribution in [-0.4, -0.2) is 21.0 Å². The molecule has 0 aliphatic heterocycles. The lowest BCUT2D eigenvalue weighted by Gasteiger charge is -2.10. The molecule has 0 radical (unpaired) electrons. The van der Waals surface area contributed by atoms with E-state index >= 15 is 0 Å². The second kappa shape index (κ2) is 8.24. The number of anilines is 1. The minimum absolute atomic E-state index is 0.0263. The molecular formula is C21H22FNO5S. The molecule has 1 aromatic heterocycles. The van der Waals surface area contributed by atoms with Crippen molar-refractivity contribution in [3.63, 3.8) is 0 Å². The van der Waals surface area contributed by atoms with Crippen LogP contribution in [0.15, 0.2) is 45.7 Å². The highest BCUT2D eigenvalue weighted by atomic mass is 32.2. The standard InChI is InChI=1S/C21H22FNO5S/c1-4-5-10-27-21(24)20-14(3)28-18-8-7-16(12-17(18)20)23-29(25,26)19-9-6-15(22)11-13(19)2/h6-9,11-12,23H,4-5,10H2,1-3H3. The van der Waals surface area contributed by atoms with Gasteiger partial charge in [0.2, 0.25) is 0 Å².